The van der Waals surface area contributed by atoms with E-state index in [0.29, 0.717) is 5.88 Å². The molecule has 1 rings (SSSR count). The highest BCUT2D eigenvalue weighted by Gasteiger charge is 2.35. The highest BCUT2D eigenvalue weighted by molar-refractivity contribution is 8.00. The van der Waals surface area contributed by atoms with Crippen molar-refractivity contribution in [3.05, 3.63) is 0 Å². The first-order chi connectivity index (χ1) is 7.46. The van der Waals surface area contributed by atoms with E-state index in [1.165, 1.54) is 25.7 Å². The van der Waals surface area contributed by atoms with Gasteiger partial charge in [0.05, 0.1) is 5.41 Å². The molecular weight excluding hydrogens is 242 g/mol. The first-order valence-corrected chi connectivity index (χ1v) is 7.61. The number of hydrogen-bond donors (Lipinski definition) is 1. The zero-order valence-electron chi connectivity index (χ0n) is 10.4. The lowest BCUT2D eigenvalue weighted by molar-refractivity contribution is -0.128. The lowest BCUT2D eigenvalue weighted by Crippen LogP contribution is -2.44. The van der Waals surface area contributed by atoms with E-state index in [2.05, 4.69) is 11.6 Å². The molecule has 0 saturated heterocycles. The lowest BCUT2D eigenvalue weighted by atomic mass is 9.95. The van der Waals surface area contributed by atoms with Crippen LogP contribution in [0.15, 0.2) is 0 Å². The Morgan fingerprint density at radius 3 is 2.44 bits per heavy atom. The maximum atomic E-state index is 11.9. The van der Waals surface area contributed by atoms with Crippen LogP contribution in [0, 0.1) is 5.41 Å². The van der Waals surface area contributed by atoms with Gasteiger partial charge in [0.1, 0.15) is 0 Å². The molecule has 2 nitrogen and oxygen atoms in total. The maximum Gasteiger partial charge on any atom is 0.226 e. The molecule has 1 saturated carbocycles. The molecule has 4 heteroatoms. The molecule has 0 bridgehead atoms. The topological polar surface area (TPSA) is 29.1 Å². The van der Waals surface area contributed by atoms with Gasteiger partial charge in [-0.15, -0.1) is 11.6 Å². The number of amides is 1. The highest BCUT2D eigenvalue weighted by atomic mass is 35.5. The van der Waals surface area contributed by atoms with Gasteiger partial charge in [0, 0.05) is 17.2 Å². The number of thioether (sulfide) groups is 1. The monoisotopic (exact) mass is 263 g/mol. The molecular formula is C12H22ClNOS. The Hall–Kier alpha value is 0.110. The van der Waals surface area contributed by atoms with Gasteiger partial charge in [0.2, 0.25) is 5.91 Å². The molecule has 0 unspecified atom stereocenters. The Morgan fingerprint density at radius 1 is 1.44 bits per heavy atom. The number of hydrogen-bond acceptors (Lipinski definition) is 2. The molecule has 1 aliphatic carbocycles. The number of rotatable bonds is 5. The van der Waals surface area contributed by atoms with Gasteiger partial charge in [-0.25, -0.2) is 0 Å². The minimum atomic E-state index is -0.459. The zero-order valence-corrected chi connectivity index (χ0v) is 12.0. The Bertz CT molecular complexity index is 249. The van der Waals surface area contributed by atoms with Gasteiger partial charge < -0.3 is 5.32 Å². The minimum Gasteiger partial charge on any atom is -0.354 e. The van der Waals surface area contributed by atoms with Crippen LogP contribution < -0.4 is 5.32 Å². The third-order valence-corrected chi connectivity index (χ3v) is 5.55. The molecule has 0 heterocycles. The summed E-state index contributed by atoms with van der Waals surface area (Å²) in [6.07, 6.45) is 7.15. The lowest BCUT2D eigenvalue weighted by Gasteiger charge is -2.29. The van der Waals surface area contributed by atoms with Crippen molar-refractivity contribution in [3.63, 3.8) is 0 Å². The fourth-order valence-corrected chi connectivity index (χ4v) is 3.05. The van der Waals surface area contributed by atoms with E-state index in [4.69, 9.17) is 11.6 Å². The first kappa shape index (κ1) is 14.2. The third-order valence-electron chi connectivity index (χ3n) is 3.47. The van der Waals surface area contributed by atoms with E-state index in [1.54, 1.807) is 0 Å². The van der Waals surface area contributed by atoms with E-state index in [0.717, 1.165) is 6.54 Å². The minimum absolute atomic E-state index is 0.0721. The van der Waals surface area contributed by atoms with Crippen LogP contribution in [0.2, 0.25) is 0 Å². The van der Waals surface area contributed by atoms with Gasteiger partial charge in [-0.3, -0.25) is 4.79 Å². The molecule has 1 aliphatic rings. The number of halogens is 1. The number of alkyl halides is 1. The molecule has 1 amide bonds. The molecule has 0 aromatic rings. The Balaban J connectivity index is 2.47. The van der Waals surface area contributed by atoms with Crippen LogP contribution in [0.5, 0.6) is 0 Å². The van der Waals surface area contributed by atoms with Crippen LogP contribution in [0.3, 0.4) is 0 Å². The molecule has 16 heavy (non-hydrogen) atoms. The van der Waals surface area contributed by atoms with Crippen LogP contribution in [-0.2, 0) is 4.79 Å². The molecule has 1 N–H and O–H groups in total. The summed E-state index contributed by atoms with van der Waals surface area (Å²) < 4.78 is 0.276. The van der Waals surface area contributed by atoms with Gasteiger partial charge in [0.25, 0.3) is 0 Å². The number of carbonyl (C=O) groups is 1. The molecule has 94 valence electrons. The largest absolute Gasteiger partial charge is 0.354 e. The quantitative estimate of drug-likeness (QED) is 0.773. The second-order valence-electron chi connectivity index (χ2n) is 5.29. The van der Waals surface area contributed by atoms with Gasteiger partial charge in [-0.1, -0.05) is 12.8 Å². The summed E-state index contributed by atoms with van der Waals surface area (Å²) in [5.41, 5.74) is -0.459. The fourth-order valence-electron chi connectivity index (χ4n) is 2.01. The summed E-state index contributed by atoms with van der Waals surface area (Å²) in [5.74, 6) is 0.438. The summed E-state index contributed by atoms with van der Waals surface area (Å²) in [4.78, 5) is 11.9. The van der Waals surface area contributed by atoms with Crippen LogP contribution in [0.1, 0.15) is 39.5 Å². The van der Waals surface area contributed by atoms with Crippen LogP contribution in [0.25, 0.3) is 0 Å². The third kappa shape index (κ3) is 3.30. The fraction of sp³-hybridized carbons (Fsp3) is 0.917. The van der Waals surface area contributed by atoms with Crippen LogP contribution in [-0.4, -0.2) is 29.3 Å². The normalized spacial score (nSPS) is 19.8. The standard InChI is InChI=1S/C12H22ClNOS/c1-11(2,8-13)10(15)14-9-12(16-3)6-4-5-7-12/h4-9H2,1-3H3,(H,14,15). The summed E-state index contributed by atoms with van der Waals surface area (Å²) in [7, 11) is 0. The van der Waals surface area contributed by atoms with Gasteiger partial charge in [-0.05, 0) is 32.9 Å². The highest BCUT2D eigenvalue weighted by Crippen LogP contribution is 2.39. The van der Waals surface area contributed by atoms with E-state index in [9.17, 15) is 4.79 Å². The van der Waals surface area contributed by atoms with E-state index < -0.39 is 5.41 Å². The molecule has 0 atom stereocenters. The molecule has 0 radical (unpaired) electrons. The van der Waals surface area contributed by atoms with Crippen LogP contribution >= 0.6 is 23.4 Å². The predicted molar refractivity (Wildman–Crippen MR) is 72.2 cm³/mol. The number of nitrogens with one attached hydrogen (secondary N) is 1. The molecule has 1 fully saturated rings. The van der Waals surface area contributed by atoms with Crippen molar-refractivity contribution in [2.75, 3.05) is 18.7 Å². The SMILES string of the molecule is CSC1(CNC(=O)C(C)(C)CCl)CCCC1. The van der Waals surface area contributed by atoms with Gasteiger partial charge >= 0.3 is 0 Å². The average Bonchev–Trinajstić information content (AvgIpc) is 2.75. The van der Waals surface area contributed by atoms with Gasteiger partial charge in [-0.2, -0.15) is 11.8 Å². The molecule has 0 aromatic heterocycles. The van der Waals surface area contributed by atoms with Gasteiger partial charge in [0.15, 0.2) is 0 Å². The second-order valence-corrected chi connectivity index (χ2v) is 6.84. The Kier molecular flexibility index (Phi) is 4.99. The summed E-state index contributed by atoms with van der Waals surface area (Å²) >= 11 is 7.68. The van der Waals surface area contributed by atoms with Crippen molar-refractivity contribution in [3.8, 4) is 0 Å². The Morgan fingerprint density at radius 2 is 2.00 bits per heavy atom. The van der Waals surface area contributed by atoms with Crippen molar-refractivity contribution in [1.82, 2.24) is 5.32 Å². The van der Waals surface area contributed by atoms with E-state index >= 15 is 0 Å². The van der Waals surface area contributed by atoms with Crippen molar-refractivity contribution in [2.24, 2.45) is 5.41 Å². The summed E-state index contributed by atoms with van der Waals surface area (Å²) in [6, 6.07) is 0. The number of carbonyl (C=O) groups excluding carboxylic acids is 1. The van der Waals surface area contributed by atoms with Crippen molar-refractivity contribution < 1.29 is 4.79 Å². The van der Waals surface area contributed by atoms with Crippen molar-refractivity contribution in [2.45, 2.75) is 44.3 Å². The van der Waals surface area contributed by atoms with E-state index in [-0.39, 0.29) is 10.7 Å². The second kappa shape index (κ2) is 5.63. The van der Waals surface area contributed by atoms with Crippen LogP contribution in [0.4, 0.5) is 0 Å². The smallest absolute Gasteiger partial charge is 0.226 e. The maximum absolute atomic E-state index is 11.9. The predicted octanol–water partition coefficient (Wildman–Crippen LogP) is 3.04. The molecule has 0 aromatic carbocycles. The van der Waals surface area contributed by atoms with Crippen molar-refractivity contribution >= 4 is 29.3 Å². The summed E-state index contributed by atoms with van der Waals surface area (Å²) in [6.45, 7) is 4.55. The first-order valence-electron chi connectivity index (χ1n) is 5.85. The molecule has 0 spiro atoms. The average molecular weight is 264 g/mol. The molecule has 0 aliphatic heterocycles. The summed E-state index contributed by atoms with van der Waals surface area (Å²) in [5, 5.41) is 3.06. The van der Waals surface area contributed by atoms with Crippen molar-refractivity contribution in [1.29, 1.82) is 0 Å². The zero-order chi connectivity index (χ0) is 12.2. The van der Waals surface area contributed by atoms with E-state index in [1.807, 2.05) is 25.6 Å². The Labute approximate surface area is 108 Å².